The molecule has 0 amide bonds. The van der Waals surface area contributed by atoms with Crippen LogP contribution in [0.5, 0.6) is 0 Å². The molecule has 0 aliphatic rings. The summed E-state index contributed by atoms with van der Waals surface area (Å²) < 4.78 is 1.45. The van der Waals surface area contributed by atoms with Gasteiger partial charge in [0, 0.05) is 11.3 Å². The maximum Gasteiger partial charge on any atom is 0.275 e. The van der Waals surface area contributed by atoms with Crippen molar-refractivity contribution in [2.75, 3.05) is 0 Å². The number of carbonyl (C=O) groups is 1. The lowest BCUT2D eigenvalue weighted by Crippen LogP contribution is -2.12. The highest BCUT2D eigenvalue weighted by molar-refractivity contribution is 5.86. The SMILES string of the molecule is Cc1cc(C=O)c2c(=O)[nH]cnn12. The molecule has 0 aliphatic carbocycles. The van der Waals surface area contributed by atoms with Gasteiger partial charge in [0.2, 0.25) is 0 Å². The van der Waals surface area contributed by atoms with Gasteiger partial charge in [-0.05, 0) is 13.0 Å². The Balaban J connectivity index is 3.05. The van der Waals surface area contributed by atoms with Gasteiger partial charge in [0.05, 0.1) is 0 Å². The van der Waals surface area contributed by atoms with Crippen molar-refractivity contribution in [3.8, 4) is 0 Å². The van der Waals surface area contributed by atoms with E-state index in [-0.39, 0.29) is 5.56 Å². The monoisotopic (exact) mass is 177 g/mol. The van der Waals surface area contributed by atoms with Crippen LogP contribution in [0.25, 0.3) is 5.52 Å². The number of hydrogen-bond acceptors (Lipinski definition) is 3. The first kappa shape index (κ1) is 7.72. The second-order valence-electron chi connectivity index (χ2n) is 2.74. The van der Waals surface area contributed by atoms with E-state index in [2.05, 4.69) is 10.1 Å². The van der Waals surface area contributed by atoms with Crippen LogP contribution >= 0.6 is 0 Å². The summed E-state index contributed by atoms with van der Waals surface area (Å²) in [4.78, 5) is 24.3. The van der Waals surface area contributed by atoms with E-state index < -0.39 is 0 Å². The number of rotatable bonds is 1. The van der Waals surface area contributed by atoms with E-state index in [4.69, 9.17) is 0 Å². The minimum atomic E-state index is -0.301. The molecular formula is C8H7N3O2. The molecule has 2 aromatic rings. The summed E-state index contributed by atoms with van der Waals surface area (Å²) in [6.07, 6.45) is 1.95. The molecule has 0 saturated carbocycles. The van der Waals surface area contributed by atoms with Gasteiger partial charge in [0.25, 0.3) is 5.56 Å². The minimum absolute atomic E-state index is 0.301. The van der Waals surface area contributed by atoms with Gasteiger partial charge in [-0.2, -0.15) is 5.10 Å². The number of aromatic amines is 1. The zero-order valence-electron chi connectivity index (χ0n) is 6.94. The summed E-state index contributed by atoms with van der Waals surface area (Å²) in [5, 5.41) is 3.91. The maximum atomic E-state index is 11.3. The van der Waals surface area contributed by atoms with Crippen molar-refractivity contribution in [1.82, 2.24) is 14.6 Å². The molecule has 2 rings (SSSR count). The zero-order chi connectivity index (χ0) is 9.42. The summed E-state index contributed by atoms with van der Waals surface area (Å²) in [6, 6.07) is 1.63. The van der Waals surface area contributed by atoms with Crippen LogP contribution in [0.15, 0.2) is 17.2 Å². The quantitative estimate of drug-likeness (QED) is 0.630. The summed E-state index contributed by atoms with van der Waals surface area (Å²) in [5.74, 6) is 0. The molecule has 5 nitrogen and oxygen atoms in total. The molecular weight excluding hydrogens is 170 g/mol. The van der Waals surface area contributed by atoms with Gasteiger partial charge in [0.1, 0.15) is 11.8 Å². The number of nitrogens with one attached hydrogen (secondary N) is 1. The molecule has 0 spiro atoms. The molecule has 0 fully saturated rings. The predicted molar refractivity (Wildman–Crippen MR) is 45.9 cm³/mol. The second-order valence-corrected chi connectivity index (χ2v) is 2.74. The molecule has 0 radical (unpaired) electrons. The van der Waals surface area contributed by atoms with Crippen molar-refractivity contribution in [3.63, 3.8) is 0 Å². The van der Waals surface area contributed by atoms with E-state index in [1.165, 1.54) is 10.8 Å². The minimum Gasteiger partial charge on any atom is -0.310 e. The van der Waals surface area contributed by atoms with E-state index >= 15 is 0 Å². The first-order valence-corrected chi connectivity index (χ1v) is 3.75. The Morgan fingerprint density at radius 2 is 2.38 bits per heavy atom. The third-order valence-electron chi connectivity index (χ3n) is 1.89. The molecule has 0 saturated heterocycles. The zero-order valence-corrected chi connectivity index (χ0v) is 6.94. The average Bonchev–Trinajstić information content (AvgIpc) is 2.45. The summed E-state index contributed by atoms with van der Waals surface area (Å²) in [5.41, 5.74) is 1.13. The van der Waals surface area contributed by atoms with Crippen LogP contribution in [-0.4, -0.2) is 20.9 Å². The molecule has 5 heteroatoms. The second kappa shape index (κ2) is 2.55. The van der Waals surface area contributed by atoms with Gasteiger partial charge < -0.3 is 4.98 Å². The first-order chi connectivity index (χ1) is 6.24. The molecule has 66 valence electrons. The highest BCUT2D eigenvalue weighted by atomic mass is 16.1. The number of carbonyl (C=O) groups excluding carboxylic acids is 1. The van der Waals surface area contributed by atoms with Crippen LogP contribution in [-0.2, 0) is 0 Å². The van der Waals surface area contributed by atoms with Crippen molar-refractivity contribution in [2.24, 2.45) is 0 Å². The molecule has 0 unspecified atom stereocenters. The molecule has 0 atom stereocenters. The van der Waals surface area contributed by atoms with Gasteiger partial charge in [-0.1, -0.05) is 0 Å². The number of nitrogens with zero attached hydrogens (tertiary/aromatic N) is 2. The normalized spacial score (nSPS) is 10.5. The van der Waals surface area contributed by atoms with Crippen LogP contribution in [0.4, 0.5) is 0 Å². The highest BCUT2D eigenvalue weighted by Gasteiger charge is 2.08. The van der Waals surface area contributed by atoms with Gasteiger partial charge in [-0.15, -0.1) is 0 Å². The third-order valence-corrected chi connectivity index (χ3v) is 1.89. The standard InChI is InChI=1S/C8H7N3O2/c1-5-2-6(3-12)7-8(13)9-4-10-11(5)7/h2-4H,1H3,(H,9,10,13). The summed E-state index contributed by atoms with van der Waals surface area (Å²) >= 11 is 0. The van der Waals surface area contributed by atoms with Gasteiger partial charge in [-0.3, -0.25) is 9.59 Å². The predicted octanol–water partition coefficient (Wildman–Crippen LogP) is 0.144. The fraction of sp³-hybridized carbons (Fsp3) is 0.125. The smallest absolute Gasteiger partial charge is 0.275 e. The van der Waals surface area contributed by atoms with Crippen molar-refractivity contribution in [2.45, 2.75) is 6.92 Å². The van der Waals surface area contributed by atoms with Crippen LogP contribution in [0.3, 0.4) is 0 Å². The molecule has 0 aromatic carbocycles. The topological polar surface area (TPSA) is 67.2 Å². The van der Waals surface area contributed by atoms with Gasteiger partial charge in [-0.25, -0.2) is 4.52 Å². The number of hydrogen-bond donors (Lipinski definition) is 1. The van der Waals surface area contributed by atoms with E-state index in [9.17, 15) is 9.59 Å². The number of fused-ring (bicyclic) bond motifs is 1. The Kier molecular flexibility index (Phi) is 1.51. The lowest BCUT2D eigenvalue weighted by Gasteiger charge is -1.92. The number of aldehydes is 1. The number of H-pyrrole nitrogens is 1. The number of aromatic nitrogens is 3. The lowest BCUT2D eigenvalue weighted by atomic mass is 10.3. The fourth-order valence-electron chi connectivity index (χ4n) is 1.33. The fourth-order valence-corrected chi connectivity index (χ4v) is 1.33. The third kappa shape index (κ3) is 0.970. The largest absolute Gasteiger partial charge is 0.310 e. The average molecular weight is 177 g/mol. The Labute approximate surface area is 73.0 Å². The Hall–Kier alpha value is -1.91. The molecule has 2 aromatic heterocycles. The Morgan fingerprint density at radius 1 is 1.62 bits per heavy atom. The first-order valence-electron chi connectivity index (χ1n) is 3.75. The summed E-state index contributed by atoms with van der Waals surface area (Å²) in [7, 11) is 0. The number of aryl methyl sites for hydroxylation is 1. The van der Waals surface area contributed by atoms with Crippen molar-refractivity contribution in [3.05, 3.63) is 34.0 Å². The lowest BCUT2D eigenvalue weighted by molar-refractivity contribution is 0.112. The molecule has 1 N–H and O–H groups in total. The van der Waals surface area contributed by atoms with Crippen molar-refractivity contribution >= 4 is 11.8 Å². The van der Waals surface area contributed by atoms with Gasteiger partial charge >= 0.3 is 0 Å². The van der Waals surface area contributed by atoms with Crippen molar-refractivity contribution < 1.29 is 4.79 Å². The van der Waals surface area contributed by atoms with Crippen LogP contribution in [0, 0.1) is 6.92 Å². The molecule has 13 heavy (non-hydrogen) atoms. The summed E-state index contributed by atoms with van der Waals surface area (Å²) in [6.45, 7) is 1.78. The Bertz CT molecular complexity index is 524. The van der Waals surface area contributed by atoms with Gasteiger partial charge in [0.15, 0.2) is 6.29 Å². The van der Waals surface area contributed by atoms with E-state index in [0.717, 1.165) is 5.69 Å². The molecule has 0 aliphatic heterocycles. The van der Waals surface area contributed by atoms with Crippen LogP contribution in [0.1, 0.15) is 16.1 Å². The molecule has 0 bridgehead atoms. The highest BCUT2D eigenvalue weighted by Crippen LogP contribution is 2.08. The van der Waals surface area contributed by atoms with E-state index in [1.807, 2.05) is 0 Å². The van der Waals surface area contributed by atoms with Crippen molar-refractivity contribution in [1.29, 1.82) is 0 Å². The van der Waals surface area contributed by atoms with E-state index in [0.29, 0.717) is 17.4 Å². The van der Waals surface area contributed by atoms with E-state index in [1.54, 1.807) is 13.0 Å². The molecule has 2 heterocycles. The maximum absolute atomic E-state index is 11.3. The van der Waals surface area contributed by atoms with Crippen LogP contribution < -0.4 is 5.56 Å². The Morgan fingerprint density at radius 3 is 3.08 bits per heavy atom. The van der Waals surface area contributed by atoms with Crippen LogP contribution in [0.2, 0.25) is 0 Å².